The molecular formula is C21H27N7. The van der Waals surface area contributed by atoms with Gasteiger partial charge in [-0.3, -0.25) is 10.2 Å². The molecule has 3 N–H and O–H groups in total. The van der Waals surface area contributed by atoms with Crippen LogP contribution in [0.2, 0.25) is 0 Å². The van der Waals surface area contributed by atoms with E-state index in [1.165, 1.54) is 5.57 Å². The van der Waals surface area contributed by atoms with Crippen LogP contribution in [0.1, 0.15) is 32.3 Å². The van der Waals surface area contributed by atoms with Gasteiger partial charge in [-0.05, 0) is 31.1 Å². The van der Waals surface area contributed by atoms with Crippen LogP contribution in [0.3, 0.4) is 0 Å². The van der Waals surface area contributed by atoms with Crippen molar-refractivity contribution in [2.75, 3.05) is 31.1 Å². The van der Waals surface area contributed by atoms with Crippen molar-refractivity contribution in [3.63, 3.8) is 0 Å². The molecule has 0 unspecified atom stereocenters. The quantitative estimate of drug-likeness (QED) is 0.574. The van der Waals surface area contributed by atoms with Crippen LogP contribution >= 0.6 is 0 Å². The zero-order chi connectivity index (χ0) is 19.3. The van der Waals surface area contributed by atoms with E-state index < -0.39 is 0 Å². The van der Waals surface area contributed by atoms with Gasteiger partial charge in [-0.2, -0.15) is 10.2 Å². The van der Waals surface area contributed by atoms with Crippen LogP contribution in [0.25, 0.3) is 10.9 Å². The summed E-state index contributed by atoms with van der Waals surface area (Å²) in [6.07, 6.45) is 9.84. The molecule has 0 aliphatic carbocycles. The van der Waals surface area contributed by atoms with Gasteiger partial charge in [-0.15, -0.1) is 0 Å². The Morgan fingerprint density at radius 3 is 2.79 bits per heavy atom. The van der Waals surface area contributed by atoms with Crippen molar-refractivity contribution in [1.82, 2.24) is 25.7 Å². The highest BCUT2D eigenvalue weighted by molar-refractivity contribution is 6.14. The number of hydrogen-bond donors (Lipinski definition) is 3. The summed E-state index contributed by atoms with van der Waals surface area (Å²) in [6.45, 7) is 8.17. The Balaban J connectivity index is 1.86. The summed E-state index contributed by atoms with van der Waals surface area (Å²) in [4.78, 5) is 7.58. The molecule has 1 aromatic carbocycles. The zero-order valence-electron chi connectivity index (χ0n) is 16.5. The lowest BCUT2D eigenvalue weighted by Crippen LogP contribution is -2.43. The second-order valence-corrected chi connectivity index (χ2v) is 7.05. The van der Waals surface area contributed by atoms with Crippen molar-refractivity contribution in [2.45, 2.75) is 26.7 Å². The second-order valence-electron chi connectivity index (χ2n) is 7.05. The summed E-state index contributed by atoms with van der Waals surface area (Å²) in [5, 5.41) is 18.9. The van der Waals surface area contributed by atoms with Crippen LogP contribution in [0, 0.1) is 0 Å². The summed E-state index contributed by atoms with van der Waals surface area (Å²) < 4.78 is 0. The van der Waals surface area contributed by atoms with Gasteiger partial charge in [0.2, 0.25) is 0 Å². The van der Waals surface area contributed by atoms with Gasteiger partial charge >= 0.3 is 0 Å². The molecule has 4 rings (SSSR count). The number of H-pyrrole nitrogens is 2. The Morgan fingerprint density at radius 2 is 2.07 bits per heavy atom. The van der Waals surface area contributed by atoms with Crippen molar-refractivity contribution in [3.8, 4) is 0 Å². The molecule has 1 saturated heterocycles. The number of piperazine rings is 1. The minimum Gasteiger partial charge on any atom is -0.367 e. The smallest absolute Gasteiger partial charge is 0.0878 e. The van der Waals surface area contributed by atoms with Crippen LogP contribution in [-0.2, 0) is 0 Å². The maximum Gasteiger partial charge on any atom is 0.0878 e. The number of aromatic nitrogens is 4. The molecular weight excluding hydrogens is 350 g/mol. The van der Waals surface area contributed by atoms with Gasteiger partial charge in [0.25, 0.3) is 0 Å². The van der Waals surface area contributed by atoms with Gasteiger partial charge in [-0.1, -0.05) is 19.4 Å². The Kier molecular flexibility index (Phi) is 5.53. The number of allylic oxidation sites excluding steroid dienone is 2. The van der Waals surface area contributed by atoms with Gasteiger partial charge in [0.05, 0.1) is 35.0 Å². The van der Waals surface area contributed by atoms with E-state index >= 15 is 0 Å². The third-order valence-electron chi connectivity index (χ3n) is 5.17. The fourth-order valence-corrected chi connectivity index (χ4v) is 3.71. The predicted molar refractivity (Wildman–Crippen MR) is 115 cm³/mol. The third-order valence-corrected chi connectivity index (χ3v) is 5.17. The molecule has 0 atom stereocenters. The summed E-state index contributed by atoms with van der Waals surface area (Å²) in [6, 6.07) is 4.31. The molecule has 0 radical (unpaired) electrons. The van der Waals surface area contributed by atoms with Gasteiger partial charge in [0, 0.05) is 43.3 Å². The van der Waals surface area contributed by atoms with Gasteiger partial charge in [0.15, 0.2) is 0 Å². The first-order valence-corrected chi connectivity index (χ1v) is 9.96. The molecule has 3 aromatic rings. The van der Waals surface area contributed by atoms with Gasteiger partial charge in [0.1, 0.15) is 0 Å². The van der Waals surface area contributed by atoms with Crippen molar-refractivity contribution >= 4 is 28.0 Å². The minimum atomic E-state index is 0.967. The average Bonchev–Trinajstić information content (AvgIpc) is 3.42. The van der Waals surface area contributed by atoms with E-state index in [4.69, 9.17) is 4.99 Å². The number of rotatable bonds is 6. The molecule has 1 aliphatic heterocycles. The Bertz CT molecular complexity index is 976. The number of fused-ring (bicyclic) bond motifs is 1. The normalized spacial score (nSPS) is 16.1. The van der Waals surface area contributed by atoms with Gasteiger partial charge < -0.3 is 10.2 Å². The predicted octanol–water partition coefficient (Wildman–Crippen LogP) is 3.56. The van der Waals surface area contributed by atoms with E-state index in [0.717, 1.165) is 72.6 Å². The molecule has 1 aliphatic rings. The first-order chi connectivity index (χ1) is 13.8. The maximum atomic E-state index is 5.18. The summed E-state index contributed by atoms with van der Waals surface area (Å²) in [5.41, 5.74) is 6.39. The molecule has 0 spiro atoms. The molecule has 7 heteroatoms. The lowest BCUT2D eigenvalue weighted by Gasteiger charge is -2.30. The highest BCUT2D eigenvalue weighted by Gasteiger charge is 2.18. The van der Waals surface area contributed by atoms with E-state index in [1.807, 2.05) is 18.6 Å². The Labute approximate surface area is 164 Å². The van der Waals surface area contributed by atoms with Crippen LogP contribution < -0.4 is 10.2 Å². The highest BCUT2D eigenvalue weighted by Crippen LogP contribution is 2.34. The number of hydrogen-bond acceptors (Lipinski definition) is 5. The highest BCUT2D eigenvalue weighted by atomic mass is 15.2. The lowest BCUT2D eigenvalue weighted by molar-refractivity contribution is 0.589. The standard InChI is InChI=1S/C21H27N7/c1-3-5-15(4-2)21(17-13-23-24-14-17)26-19-10-16-12-25-27-18(16)11-20(19)28-8-6-22-7-9-28/h4,10-14,22H,3,5-9H2,1-2H3,(H,23,24)(H,25,27)/b15-4+,26-21?. The molecule has 2 aromatic heterocycles. The topological polar surface area (TPSA) is 85.0 Å². The molecule has 146 valence electrons. The molecule has 0 amide bonds. The monoisotopic (exact) mass is 377 g/mol. The van der Waals surface area contributed by atoms with Crippen molar-refractivity contribution in [3.05, 3.63) is 47.9 Å². The number of aromatic amines is 2. The van der Waals surface area contributed by atoms with Crippen LogP contribution in [-0.4, -0.2) is 52.3 Å². The van der Waals surface area contributed by atoms with Crippen LogP contribution in [0.4, 0.5) is 11.4 Å². The maximum absolute atomic E-state index is 5.18. The number of anilines is 1. The van der Waals surface area contributed by atoms with Gasteiger partial charge in [-0.25, -0.2) is 4.99 Å². The molecule has 0 saturated carbocycles. The fraction of sp³-hybridized carbons (Fsp3) is 0.381. The third kappa shape index (κ3) is 3.71. The first-order valence-electron chi connectivity index (χ1n) is 9.96. The average molecular weight is 377 g/mol. The number of benzene rings is 1. The van der Waals surface area contributed by atoms with E-state index in [9.17, 15) is 0 Å². The molecule has 28 heavy (non-hydrogen) atoms. The van der Waals surface area contributed by atoms with Crippen molar-refractivity contribution in [1.29, 1.82) is 0 Å². The van der Waals surface area contributed by atoms with Crippen LogP contribution in [0.15, 0.2) is 47.4 Å². The number of aliphatic imine (C=N–C) groups is 1. The summed E-state index contributed by atoms with van der Waals surface area (Å²) >= 11 is 0. The molecule has 7 nitrogen and oxygen atoms in total. The van der Waals surface area contributed by atoms with Crippen molar-refractivity contribution in [2.24, 2.45) is 4.99 Å². The minimum absolute atomic E-state index is 0.967. The Hall–Kier alpha value is -2.93. The van der Waals surface area contributed by atoms with E-state index in [1.54, 1.807) is 0 Å². The SMILES string of the molecule is C/C=C(\CCC)C(=Nc1cc2cn[nH]c2cc1N1CCNCC1)c1cn[nH]c1. The number of nitrogens with zero attached hydrogens (tertiary/aromatic N) is 4. The van der Waals surface area contributed by atoms with Crippen molar-refractivity contribution < 1.29 is 0 Å². The zero-order valence-corrected chi connectivity index (χ0v) is 16.5. The molecule has 0 bridgehead atoms. The molecule has 1 fully saturated rings. The fourth-order valence-electron chi connectivity index (χ4n) is 3.71. The van der Waals surface area contributed by atoms with E-state index in [0.29, 0.717) is 0 Å². The summed E-state index contributed by atoms with van der Waals surface area (Å²) in [7, 11) is 0. The largest absolute Gasteiger partial charge is 0.367 e. The summed E-state index contributed by atoms with van der Waals surface area (Å²) in [5.74, 6) is 0. The Morgan fingerprint density at radius 1 is 1.21 bits per heavy atom. The van der Waals surface area contributed by atoms with E-state index in [2.05, 4.69) is 62.7 Å². The number of nitrogens with one attached hydrogen (secondary N) is 3. The molecule has 3 heterocycles. The first kappa shape index (κ1) is 18.4. The lowest BCUT2D eigenvalue weighted by atomic mass is 10.0. The van der Waals surface area contributed by atoms with E-state index in [-0.39, 0.29) is 0 Å². The second kappa shape index (κ2) is 8.39. The van der Waals surface area contributed by atoms with Crippen LogP contribution in [0.5, 0.6) is 0 Å².